The van der Waals surface area contributed by atoms with Crippen LogP contribution in [0, 0.1) is 6.92 Å². The second-order valence-electron chi connectivity index (χ2n) is 7.39. The standard InChI is InChI=1S/C20H21N7O3/c1-11-16(30-10-22-11)19(28)26-8-4-5-12(9-26)17-24-18-13-6-3-7-14(29-2)15(13)23-20(21)27(18)25-17/h3,6-7,10,12H,4-5,8-9H2,1-2H3,(H2,21,23)/t12-/m1/s1. The SMILES string of the molecule is COc1cccc2c1nc(N)n1nc([C@@H]3CCCN(C(=O)c4ocnc4C)C3)nc21. The summed E-state index contributed by atoms with van der Waals surface area (Å²) >= 11 is 0. The average Bonchev–Trinajstić information content (AvgIpc) is 3.40. The van der Waals surface area contributed by atoms with Gasteiger partial charge in [-0.25, -0.2) is 15.0 Å². The largest absolute Gasteiger partial charge is 0.494 e. The maximum absolute atomic E-state index is 12.8. The molecule has 10 heteroatoms. The van der Waals surface area contributed by atoms with Crippen molar-refractivity contribution >= 4 is 28.4 Å². The Hall–Kier alpha value is -3.69. The summed E-state index contributed by atoms with van der Waals surface area (Å²) in [6.45, 7) is 2.92. The first-order valence-corrected chi connectivity index (χ1v) is 9.75. The normalized spacial score (nSPS) is 17.0. The molecule has 0 radical (unpaired) electrons. The molecule has 0 bridgehead atoms. The van der Waals surface area contributed by atoms with Gasteiger partial charge in [0.05, 0.1) is 12.8 Å². The van der Waals surface area contributed by atoms with Crippen LogP contribution >= 0.6 is 0 Å². The molecule has 1 aliphatic rings. The molecule has 1 aliphatic heterocycles. The summed E-state index contributed by atoms with van der Waals surface area (Å²) in [6.07, 6.45) is 3.02. The summed E-state index contributed by atoms with van der Waals surface area (Å²) in [5, 5.41) is 5.43. The molecule has 1 aromatic carbocycles. The van der Waals surface area contributed by atoms with E-state index >= 15 is 0 Å². The second-order valence-corrected chi connectivity index (χ2v) is 7.39. The number of nitrogens with two attached hydrogens (primary N) is 1. The zero-order valence-electron chi connectivity index (χ0n) is 16.7. The van der Waals surface area contributed by atoms with Gasteiger partial charge in [0.15, 0.2) is 17.9 Å². The fraction of sp³-hybridized carbons (Fsp3) is 0.350. The van der Waals surface area contributed by atoms with Crippen LogP contribution in [0.15, 0.2) is 29.0 Å². The van der Waals surface area contributed by atoms with Gasteiger partial charge in [-0.3, -0.25) is 4.79 Å². The van der Waals surface area contributed by atoms with Crippen molar-refractivity contribution in [2.24, 2.45) is 0 Å². The van der Waals surface area contributed by atoms with E-state index in [1.54, 1.807) is 23.4 Å². The molecule has 4 aromatic rings. The molecule has 2 N–H and O–H groups in total. The number of aryl methyl sites for hydroxylation is 1. The fourth-order valence-electron chi connectivity index (χ4n) is 4.00. The van der Waals surface area contributed by atoms with Gasteiger partial charge in [-0.15, -0.1) is 5.10 Å². The number of likely N-dealkylation sites (tertiary alicyclic amines) is 1. The van der Waals surface area contributed by atoms with Gasteiger partial charge in [-0.1, -0.05) is 6.07 Å². The Morgan fingerprint density at radius 2 is 2.20 bits per heavy atom. The number of rotatable bonds is 3. The number of carbonyl (C=O) groups is 1. The van der Waals surface area contributed by atoms with Gasteiger partial charge < -0.3 is 19.8 Å². The topological polar surface area (TPSA) is 125 Å². The summed E-state index contributed by atoms with van der Waals surface area (Å²) in [6, 6.07) is 5.63. The van der Waals surface area contributed by atoms with Crippen LogP contribution in [0.5, 0.6) is 5.75 Å². The monoisotopic (exact) mass is 407 g/mol. The number of para-hydroxylation sites is 1. The van der Waals surface area contributed by atoms with Crippen molar-refractivity contribution in [1.29, 1.82) is 0 Å². The molecule has 1 amide bonds. The van der Waals surface area contributed by atoms with Crippen LogP contribution in [0.1, 0.15) is 40.8 Å². The third-order valence-electron chi connectivity index (χ3n) is 5.54. The smallest absolute Gasteiger partial charge is 0.291 e. The number of anilines is 1. The van der Waals surface area contributed by atoms with Crippen LogP contribution < -0.4 is 10.5 Å². The maximum Gasteiger partial charge on any atom is 0.291 e. The molecule has 10 nitrogen and oxygen atoms in total. The molecule has 0 spiro atoms. The van der Waals surface area contributed by atoms with Crippen LogP contribution in [0.2, 0.25) is 0 Å². The van der Waals surface area contributed by atoms with Gasteiger partial charge in [0.25, 0.3) is 5.91 Å². The first-order chi connectivity index (χ1) is 14.6. The Labute approximate surface area is 171 Å². The molecule has 3 aromatic heterocycles. The molecule has 4 heterocycles. The molecule has 1 fully saturated rings. The zero-order chi connectivity index (χ0) is 20.8. The number of nitrogens with zero attached hydrogens (tertiary/aromatic N) is 6. The van der Waals surface area contributed by atoms with Crippen LogP contribution in [-0.4, -0.2) is 55.6 Å². The van der Waals surface area contributed by atoms with Gasteiger partial charge in [-0.2, -0.15) is 4.52 Å². The molecule has 0 aliphatic carbocycles. The Morgan fingerprint density at radius 3 is 2.97 bits per heavy atom. The van der Waals surface area contributed by atoms with E-state index in [0.29, 0.717) is 41.5 Å². The maximum atomic E-state index is 12.8. The van der Waals surface area contributed by atoms with E-state index in [9.17, 15) is 4.79 Å². The number of hydrogen-bond donors (Lipinski definition) is 1. The lowest BCUT2D eigenvalue weighted by atomic mass is 9.97. The molecule has 0 unspecified atom stereocenters. The van der Waals surface area contributed by atoms with Crippen LogP contribution in [0.25, 0.3) is 16.6 Å². The van der Waals surface area contributed by atoms with Crippen molar-refractivity contribution in [3.8, 4) is 5.75 Å². The highest BCUT2D eigenvalue weighted by atomic mass is 16.5. The highest BCUT2D eigenvalue weighted by Crippen LogP contribution is 2.31. The minimum absolute atomic E-state index is 0.00844. The number of oxazole rings is 1. The van der Waals surface area contributed by atoms with Crippen molar-refractivity contribution in [1.82, 2.24) is 29.5 Å². The lowest BCUT2D eigenvalue weighted by Crippen LogP contribution is -2.39. The zero-order valence-corrected chi connectivity index (χ0v) is 16.7. The summed E-state index contributed by atoms with van der Waals surface area (Å²) in [5.74, 6) is 1.63. The molecular formula is C20H21N7O3. The third kappa shape index (κ3) is 2.83. The number of amides is 1. The number of piperidine rings is 1. The Bertz CT molecular complexity index is 1260. The molecule has 1 saturated heterocycles. The first-order valence-electron chi connectivity index (χ1n) is 9.75. The number of benzene rings is 1. The molecule has 0 saturated carbocycles. The van der Waals surface area contributed by atoms with E-state index < -0.39 is 0 Å². The summed E-state index contributed by atoms with van der Waals surface area (Å²) in [4.78, 5) is 27.9. The van der Waals surface area contributed by atoms with E-state index in [4.69, 9.17) is 19.9 Å². The molecule has 5 rings (SSSR count). The van der Waals surface area contributed by atoms with Gasteiger partial charge in [0.2, 0.25) is 11.7 Å². The number of hydrogen-bond acceptors (Lipinski definition) is 8. The van der Waals surface area contributed by atoms with Crippen molar-refractivity contribution in [2.45, 2.75) is 25.7 Å². The number of aromatic nitrogens is 5. The van der Waals surface area contributed by atoms with Gasteiger partial charge in [0, 0.05) is 24.4 Å². The molecule has 1 atom stereocenters. The van der Waals surface area contributed by atoms with Crippen molar-refractivity contribution in [2.75, 3.05) is 25.9 Å². The number of fused-ring (bicyclic) bond motifs is 3. The minimum Gasteiger partial charge on any atom is -0.494 e. The predicted molar refractivity (Wildman–Crippen MR) is 108 cm³/mol. The summed E-state index contributed by atoms with van der Waals surface area (Å²) in [7, 11) is 1.59. The highest BCUT2D eigenvalue weighted by molar-refractivity contribution is 5.96. The van der Waals surface area contributed by atoms with E-state index in [0.717, 1.165) is 18.2 Å². The number of carbonyl (C=O) groups excluding carboxylic acids is 1. The van der Waals surface area contributed by atoms with E-state index in [-0.39, 0.29) is 23.5 Å². The van der Waals surface area contributed by atoms with Crippen LogP contribution in [-0.2, 0) is 0 Å². The van der Waals surface area contributed by atoms with Crippen molar-refractivity contribution in [3.05, 3.63) is 41.9 Å². The Balaban J connectivity index is 1.51. The van der Waals surface area contributed by atoms with Gasteiger partial charge in [0.1, 0.15) is 11.3 Å². The lowest BCUT2D eigenvalue weighted by molar-refractivity contribution is 0.0671. The van der Waals surface area contributed by atoms with E-state index in [2.05, 4.69) is 15.1 Å². The highest BCUT2D eigenvalue weighted by Gasteiger charge is 2.30. The van der Waals surface area contributed by atoms with Gasteiger partial charge in [-0.05, 0) is 31.9 Å². The molecule has 154 valence electrons. The Morgan fingerprint density at radius 1 is 1.33 bits per heavy atom. The van der Waals surface area contributed by atoms with E-state index in [1.165, 1.54) is 6.39 Å². The van der Waals surface area contributed by atoms with Crippen LogP contribution in [0.3, 0.4) is 0 Å². The minimum atomic E-state index is -0.158. The first kappa shape index (κ1) is 18.3. The number of methoxy groups -OCH3 is 1. The Kier molecular flexibility index (Phi) is 4.27. The number of ether oxygens (including phenoxy) is 1. The van der Waals surface area contributed by atoms with E-state index in [1.807, 2.05) is 18.2 Å². The quantitative estimate of drug-likeness (QED) is 0.548. The molecular weight excluding hydrogens is 386 g/mol. The average molecular weight is 407 g/mol. The molecule has 30 heavy (non-hydrogen) atoms. The lowest BCUT2D eigenvalue weighted by Gasteiger charge is -2.30. The summed E-state index contributed by atoms with van der Waals surface area (Å²) < 4.78 is 12.2. The number of nitrogen functional groups attached to an aromatic ring is 1. The fourth-order valence-corrected chi connectivity index (χ4v) is 4.00. The van der Waals surface area contributed by atoms with Crippen molar-refractivity contribution < 1.29 is 13.9 Å². The third-order valence-corrected chi connectivity index (χ3v) is 5.54. The van der Waals surface area contributed by atoms with Crippen LogP contribution in [0.4, 0.5) is 5.95 Å². The predicted octanol–water partition coefficient (Wildman–Crippen LogP) is 2.18. The van der Waals surface area contributed by atoms with Crippen molar-refractivity contribution in [3.63, 3.8) is 0 Å². The van der Waals surface area contributed by atoms with Gasteiger partial charge >= 0.3 is 0 Å². The second kappa shape index (κ2) is 6.97. The summed E-state index contributed by atoms with van der Waals surface area (Å²) in [5.41, 5.74) is 8.01.